The molecule has 1 aromatic rings. The molecule has 0 aliphatic carbocycles. The lowest BCUT2D eigenvalue weighted by atomic mass is 9.74. The lowest BCUT2D eigenvalue weighted by Gasteiger charge is -2.34. The summed E-state index contributed by atoms with van der Waals surface area (Å²) in [6.45, 7) is 4.76. The molecule has 0 saturated carbocycles. The smallest absolute Gasteiger partial charge is 0.311 e. The number of nitrogens with zero attached hydrogens (tertiary/aromatic N) is 2. The average molecular weight is 300 g/mol. The van der Waals surface area contributed by atoms with E-state index in [4.69, 9.17) is 16.3 Å². The van der Waals surface area contributed by atoms with Crippen molar-refractivity contribution in [2.24, 2.45) is 11.3 Å². The van der Waals surface area contributed by atoms with Crippen LogP contribution >= 0.6 is 11.6 Å². The molecule has 7 heteroatoms. The van der Waals surface area contributed by atoms with E-state index in [1.807, 2.05) is 6.92 Å². The van der Waals surface area contributed by atoms with Crippen LogP contribution < -0.4 is 0 Å². The first-order valence-corrected chi connectivity index (χ1v) is 7.13. The Morgan fingerprint density at radius 3 is 3.10 bits per heavy atom. The molecule has 1 aromatic heterocycles. The van der Waals surface area contributed by atoms with Crippen LogP contribution in [0.25, 0.3) is 0 Å². The molecule has 0 amide bonds. The maximum Gasteiger partial charge on any atom is 0.311 e. The van der Waals surface area contributed by atoms with Crippen LogP contribution in [-0.2, 0) is 16.1 Å². The fourth-order valence-electron chi connectivity index (χ4n) is 3.31. The Balaban J connectivity index is 1.77. The molecule has 2 aliphatic rings. The van der Waals surface area contributed by atoms with Gasteiger partial charge in [0.05, 0.1) is 28.4 Å². The summed E-state index contributed by atoms with van der Waals surface area (Å²) in [5.74, 6) is -0.662. The van der Waals surface area contributed by atoms with E-state index in [2.05, 4.69) is 15.1 Å². The number of likely N-dealkylation sites (tertiary alicyclic amines) is 1. The number of aryl methyl sites for hydroxylation is 1. The maximum atomic E-state index is 11.7. The number of carbonyl (C=O) groups is 1. The van der Waals surface area contributed by atoms with Crippen LogP contribution in [0.2, 0.25) is 5.02 Å². The zero-order chi connectivity index (χ0) is 14.3. The molecule has 2 aliphatic heterocycles. The molecule has 0 aromatic carbocycles. The highest BCUT2D eigenvalue weighted by molar-refractivity contribution is 6.31. The molecule has 3 rings (SSSR count). The monoisotopic (exact) mass is 299 g/mol. The van der Waals surface area contributed by atoms with E-state index in [-0.39, 0.29) is 5.92 Å². The number of aliphatic carboxylic acids is 1. The zero-order valence-corrected chi connectivity index (χ0v) is 12.1. The molecular weight excluding hydrogens is 282 g/mol. The molecular formula is C13H18ClN3O3. The number of aromatic amines is 1. The standard InChI is InChI=1S/C13H18ClN3O3/c1-8-11(14)10(16-15-8)5-17-4-9-6-20-3-2-13(9,7-17)12(18)19/h9H,2-7H2,1H3,(H,15,16)(H,18,19)/t9-,13+/m1/s1. The van der Waals surface area contributed by atoms with Crippen molar-refractivity contribution >= 4 is 17.6 Å². The van der Waals surface area contributed by atoms with Gasteiger partial charge in [-0.3, -0.25) is 14.8 Å². The molecule has 0 radical (unpaired) electrons. The van der Waals surface area contributed by atoms with Gasteiger partial charge in [-0.2, -0.15) is 5.10 Å². The minimum absolute atomic E-state index is 0.0487. The molecule has 2 fully saturated rings. The number of hydrogen-bond donors (Lipinski definition) is 2. The number of hydrogen-bond acceptors (Lipinski definition) is 4. The summed E-state index contributed by atoms with van der Waals surface area (Å²) in [5.41, 5.74) is 0.953. The fraction of sp³-hybridized carbons (Fsp3) is 0.692. The second kappa shape index (κ2) is 5.02. The Hall–Kier alpha value is -1.11. The van der Waals surface area contributed by atoms with Crippen LogP contribution in [0.4, 0.5) is 0 Å². The highest BCUT2D eigenvalue weighted by Gasteiger charge is 2.53. The number of carboxylic acid groups (broad SMARTS) is 1. The number of fused-ring (bicyclic) bond motifs is 1. The molecule has 20 heavy (non-hydrogen) atoms. The van der Waals surface area contributed by atoms with Gasteiger partial charge in [0.2, 0.25) is 0 Å². The Morgan fingerprint density at radius 2 is 2.50 bits per heavy atom. The number of nitrogens with one attached hydrogen (secondary N) is 1. The Kier molecular flexibility index (Phi) is 3.48. The van der Waals surface area contributed by atoms with Gasteiger partial charge in [-0.25, -0.2) is 0 Å². The minimum Gasteiger partial charge on any atom is -0.481 e. The predicted molar refractivity (Wildman–Crippen MR) is 72.6 cm³/mol. The van der Waals surface area contributed by atoms with Crippen molar-refractivity contribution in [1.29, 1.82) is 0 Å². The highest BCUT2D eigenvalue weighted by atomic mass is 35.5. The Labute approximate surface area is 122 Å². The molecule has 2 saturated heterocycles. The highest BCUT2D eigenvalue weighted by Crippen LogP contribution is 2.43. The van der Waals surface area contributed by atoms with Crippen molar-refractivity contribution in [1.82, 2.24) is 15.1 Å². The lowest BCUT2D eigenvalue weighted by molar-refractivity contribution is -0.157. The van der Waals surface area contributed by atoms with Crippen LogP contribution in [-0.4, -0.2) is 52.5 Å². The topological polar surface area (TPSA) is 78.5 Å². The molecule has 110 valence electrons. The summed E-state index contributed by atoms with van der Waals surface area (Å²) in [6.07, 6.45) is 0.580. The number of H-pyrrole nitrogens is 1. The van der Waals surface area contributed by atoms with Gasteiger partial charge in [-0.15, -0.1) is 0 Å². The molecule has 6 nitrogen and oxygen atoms in total. The number of rotatable bonds is 3. The summed E-state index contributed by atoms with van der Waals surface area (Å²) in [5, 5.41) is 17.3. The van der Waals surface area contributed by atoms with Gasteiger partial charge < -0.3 is 9.84 Å². The van der Waals surface area contributed by atoms with Gasteiger partial charge in [0.1, 0.15) is 0 Å². The van der Waals surface area contributed by atoms with Crippen molar-refractivity contribution in [3.63, 3.8) is 0 Å². The van der Waals surface area contributed by atoms with Crippen molar-refractivity contribution in [3.8, 4) is 0 Å². The number of ether oxygens (including phenoxy) is 1. The van der Waals surface area contributed by atoms with Gasteiger partial charge in [-0.1, -0.05) is 11.6 Å². The SMILES string of the molecule is Cc1[nH]nc(CN2C[C@@H]3COCC[C@]3(C(=O)O)C2)c1Cl. The van der Waals surface area contributed by atoms with Gasteiger partial charge in [0.25, 0.3) is 0 Å². The van der Waals surface area contributed by atoms with E-state index in [1.54, 1.807) is 0 Å². The summed E-state index contributed by atoms with van der Waals surface area (Å²) in [4.78, 5) is 13.8. The second-order valence-corrected chi connectivity index (χ2v) is 6.14. The molecule has 0 bridgehead atoms. The van der Waals surface area contributed by atoms with Crippen LogP contribution in [0, 0.1) is 18.3 Å². The maximum absolute atomic E-state index is 11.7. The van der Waals surface area contributed by atoms with E-state index < -0.39 is 11.4 Å². The van der Waals surface area contributed by atoms with Gasteiger partial charge in [-0.05, 0) is 13.3 Å². The van der Waals surface area contributed by atoms with E-state index >= 15 is 0 Å². The van der Waals surface area contributed by atoms with Crippen molar-refractivity contribution < 1.29 is 14.6 Å². The third-order valence-electron chi connectivity index (χ3n) is 4.52. The third-order valence-corrected chi connectivity index (χ3v) is 5.02. The molecule has 0 spiro atoms. The normalized spacial score (nSPS) is 30.4. The van der Waals surface area contributed by atoms with E-state index in [0.29, 0.717) is 44.3 Å². The van der Waals surface area contributed by atoms with Gasteiger partial charge >= 0.3 is 5.97 Å². The number of halogens is 1. The van der Waals surface area contributed by atoms with Crippen LogP contribution in [0.15, 0.2) is 0 Å². The first-order valence-electron chi connectivity index (χ1n) is 6.76. The largest absolute Gasteiger partial charge is 0.481 e. The molecule has 2 atom stereocenters. The first kappa shape index (κ1) is 13.9. The molecule has 3 heterocycles. The van der Waals surface area contributed by atoms with E-state index in [0.717, 1.165) is 11.4 Å². The van der Waals surface area contributed by atoms with Crippen molar-refractivity contribution in [2.45, 2.75) is 19.9 Å². The van der Waals surface area contributed by atoms with Crippen LogP contribution in [0.5, 0.6) is 0 Å². The second-order valence-electron chi connectivity index (χ2n) is 5.76. The predicted octanol–water partition coefficient (Wildman–Crippen LogP) is 1.29. The summed E-state index contributed by atoms with van der Waals surface area (Å²) in [6, 6.07) is 0. The van der Waals surface area contributed by atoms with Gasteiger partial charge in [0, 0.05) is 32.2 Å². The lowest BCUT2D eigenvalue weighted by Crippen LogP contribution is -2.44. The van der Waals surface area contributed by atoms with E-state index in [9.17, 15) is 9.90 Å². The first-order chi connectivity index (χ1) is 9.53. The number of aromatic nitrogens is 2. The van der Waals surface area contributed by atoms with Crippen LogP contribution in [0.3, 0.4) is 0 Å². The summed E-state index contributed by atoms with van der Waals surface area (Å²) >= 11 is 6.18. The average Bonchev–Trinajstić information content (AvgIpc) is 2.94. The minimum atomic E-state index is -0.711. The molecule has 0 unspecified atom stereocenters. The summed E-state index contributed by atoms with van der Waals surface area (Å²) < 4.78 is 5.45. The van der Waals surface area contributed by atoms with Crippen molar-refractivity contribution in [2.75, 3.05) is 26.3 Å². The Bertz CT molecular complexity index is 533. The number of carboxylic acids is 1. The van der Waals surface area contributed by atoms with E-state index in [1.165, 1.54) is 0 Å². The quantitative estimate of drug-likeness (QED) is 0.879. The third kappa shape index (κ3) is 2.12. The fourth-order valence-corrected chi connectivity index (χ4v) is 3.45. The summed E-state index contributed by atoms with van der Waals surface area (Å²) in [7, 11) is 0. The Morgan fingerprint density at radius 1 is 1.70 bits per heavy atom. The zero-order valence-electron chi connectivity index (χ0n) is 11.4. The van der Waals surface area contributed by atoms with Gasteiger partial charge in [0.15, 0.2) is 0 Å². The van der Waals surface area contributed by atoms with Crippen LogP contribution in [0.1, 0.15) is 17.8 Å². The van der Waals surface area contributed by atoms with Crippen molar-refractivity contribution in [3.05, 3.63) is 16.4 Å². The molecule has 2 N–H and O–H groups in total.